The summed E-state index contributed by atoms with van der Waals surface area (Å²) in [5, 5.41) is 2.91. The van der Waals surface area contributed by atoms with Crippen LogP contribution in [-0.2, 0) is 16.6 Å². The van der Waals surface area contributed by atoms with Crippen molar-refractivity contribution >= 4 is 10.0 Å². The van der Waals surface area contributed by atoms with Gasteiger partial charge < -0.3 is 5.32 Å². The Kier molecular flexibility index (Phi) is 4.70. The van der Waals surface area contributed by atoms with Gasteiger partial charge in [0.05, 0.1) is 4.90 Å². The van der Waals surface area contributed by atoms with E-state index < -0.39 is 15.8 Å². The molecule has 4 nitrogen and oxygen atoms in total. The van der Waals surface area contributed by atoms with Gasteiger partial charge in [-0.05, 0) is 49.9 Å². The Morgan fingerprint density at radius 2 is 2.05 bits per heavy atom. The zero-order chi connectivity index (χ0) is 15.8. The molecule has 118 valence electrons. The molecule has 1 aromatic rings. The van der Waals surface area contributed by atoms with E-state index in [1.807, 2.05) is 0 Å². The van der Waals surface area contributed by atoms with Crippen molar-refractivity contribution in [3.05, 3.63) is 29.1 Å². The van der Waals surface area contributed by atoms with Gasteiger partial charge in [-0.15, -0.1) is 0 Å². The molecule has 2 atom stereocenters. The monoisotopic (exact) mass is 314 g/mol. The number of benzene rings is 1. The summed E-state index contributed by atoms with van der Waals surface area (Å²) in [5.74, 6) is 0.529. The van der Waals surface area contributed by atoms with E-state index in [0.717, 1.165) is 6.42 Å². The Morgan fingerprint density at radius 3 is 2.57 bits per heavy atom. The van der Waals surface area contributed by atoms with Crippen LogP contribution in [0.15, 0.2) is 17.0 Å². The van der Waals surface area contributed by atoms with Gasteiger partial charge in [0.2, 0.25) is 10.0 Å². The molecule has 0 radical (unpaired) electrons. The number of nitrogens with one attached hydrogen (secondary N) is 1. The van der Waals surface area contributed by atoms with E-state index in [1.54, 1.807) is 20.2 Å². The SMILES string of the molecule is CNCc1cc(F)c(C)c(S(=O)(=O)N(C)CC2CC2C)c1. The minimum atomic E-state index is -3.65. The molecule has 0 heterocycles. The van der Waals surface area contributed by atoms with Gasteiger partial charge in [-0.25, -0.2) is 17.1 Å². The fraction of sp³-hybridized carbons (Fsp3) is 0.600. The van der Waals surface area contributed by atoms with Crippen LogP contribution in [-0.4, -0.2) is 33.4 Å². The molecule has 1 N–H and O–H groups in total. The lowest BCUT2D eigenvalue weighted by atomic mass is 10.1. The van der Waals surface area contributed by atoms with Crippen molar-refractivity contribution in [2.75, 3.05) is 20.6 Å². The molecule has 2 unspecified atom stereocenters. The third-order valence-electron chi connectivity index (χ3n) is 4.19. The second kappa shape index (κ2) is 6.02. The molecule has 6 heteroatoms. The lowest BCUT2D eigenvalue weighted by molar-refractivity contribution is 0.443. The molecule has 0 aromatic heterocycles. The molecular formula is C15H23FN2O2S. The maximum absolute atomic E-state index is 14.0. The van der Waals surface area contributed by atoms with Crippen LogP contribution in [0, 0.1) is 24.6 Å². The van der Waals surface area contributed by atoms with Crippen molar-refractivity contribution in [2.45, 2.75) is 31.7 Å². The number of sulfonamides is 1. The van der Waals surface area contributed by atoms with E-state index >= 15 is 0 Å². The van der Waals surface area contributed by atoms with Gasteiger partial charge in [0, 0.05) is 25.7 Å². The van der Waals surface area contributed by atoms with Gasteiger partial charge in [0.15, 0.2) is 0 Å². The first-order valence-electron chi connectivity index (χ1n) is 7.17. The van der Waals surface area contributed by atoms with Crippen LogP contribution in [0.2, 0.25) is 0 Å². The van der Waals surface area contributed by atoms with Crippen LogP contribution in [0.4, 0.5) is 4.39 Å². The van der Waals surface area contributed by atoms with Gasteiger partial charge in [0.25, 0.3) is 0 Å². The smallest absolute Gasteiger partial charge is 0.243 e. The first kappa shape index (κ1) is 16.4. The molecule has 1 aliphatic carbocycles. The standard InChI is InChI=1S/C15H23FN2O2S/c1-10-5-13(10)9-18(4)21(19,20)15-7-12(8-17-3)6-14(16)11(15)2/h6-7,10,13,17H,5,8-9H2,1-4H3. The van der Waals surface area contributed by atoms with E-state index in [2.05, 4.69) is 12.2 Å². The Labute approximate surface area is 126 Å². The molecule has 1 saturated carbocycles. The van der Waals surface area contributed by atoms with Crippen LogP contribution in [0.5, 0.6) is 0 Å². The van der Waals surface area contributed by atoms with E-state index in [1.165, 1.54) is 17.3 Å². The summed E-state index contributed by atoms with van der Waals surface area (Å²) < 4.78 is 40.7. The Balaban J connectivity index is 2.33. The van der Waals surface area contributed by atoms with E-state index in [9.17, 15) is 12.8 Å². The summed E-state index contributed by atoms with van der Waals surface area (Å²) in [6.07, 6.45) is 1.06. The average Bonchev–Trinajstić information content (AvgIpc) is 3.09. The maximum Gasteiger partial charge on any atom is 0.243 e. The van der Waals surface area contributed by atoms with Gasteiger partial charge in [0.1, 0.15) is 5.82 Å². The average molecular weight is 314 g/mol. The van der Waals surface area contributed by atoms with Crippen molar-refractivity contribution in [2.24, 2.45) is 11.8 Å². The molecule has 0 amide bonds. The van der Waals surface area contributed by atoms with Crippen LogP contribution in [0.3, 0.4) is 0 Å². The van der Waals surface area contributed by atoms with E-state index in [0.29, 0.717) is 30.5 Å². The molecule has 1 aromatic carbocycles. The van der Waals surface area contributed by atoms with Crippen molar-refractivity contribution in [3.63, 3.8) is 0 Å². The number of hydrogen-bond donors (Lipinski definition) is 1. The zero-order valence-electron chi connectivity index (χ0n) is 13.0. The highest BCUT2D eigenvalue weighted by molar-refractivity contribution is 7.89. The molecular weight excluding hydrogens is 291 g/mol. The highest BCUT2D eigenvalue weighted by Gasteiger charge is 2.36. The lowest BCUT2D eigenvalue weighted by Gasteiger charge is -2.19. The van der Waals surface area contributed by atoms with Crippen LogP contribution in [0.1, 0.15) is 24.5 Å². The maximum atomic E-state index is 14.0. The summed E-state index contributed by atoms with van der Waals surface area (Å²) in [7, 11) is -0.331. The second-order valence-electron chi connectivity index (χ2n) is 5.99. The molecule has 21 heavy (non-hydrogen) atoms. The lowest BCUT2D eigenvalue weighted by Crippen LogP contribution is -2.30. The molecule has 0 saturated heterocycles. The highest BCUT2D eigenvalue weighted by atomic mass is 32.2. The summed E-state index contributed by atoms with van der Waals surface area (Å²) in [5.41, 5.74) is 0.818. The number of rotatable bonds is 6. The van der Waals surface area contributed by atoms with Gasteiger partial charge in [-0.3, -0.25) is 0 Å². The second-order valence-corrected chi connectivity index (χ2v) is 8.00. The highest BCUT2D eigenvalue weighted by Crippen LogP contribution is 2.39. The summed E-state index contributed by atoms with van der Waals surface area (Å²) in [6, 6.07) is 2.95. The van der Waals surface area contributed by atoms with Gasteiger partial charge in [-0.1, -0.05) is 6.92 Å². The van der Waals surface area contributed by atoms with E-state index in [4.69, 9.17) is 0 Å². The normalized spacial score (nSPS) is 21.8. The largest absolute Gasteiger partial charge is 0.316 e. The number of nitrogens with zero attached hydrogens (tertiary/aromatic N) is 1. The van der Waals surface area contributed by atoms with Gasteiger partial charge in [-0.2, -0.15) is 0 Å². The van der Waals surface area contributed by atoms with Crippen molar-refractivity contribution in [1.29, 1.82) is 0 Å². The third-order valence-corrected chi connectivity index (χ3v) is 6.14. The molecule has 2 rings (SSSR count). The minimum absolute atomic E-state index is 0.0727. The zero-order valence-corrected chi connectivity index (χ0v) is 13.8. The van der Waals surface area contributed by atoms with Crippen molar-refractivity contribution in [1.82, 2.24) is 9.62 Å². The van der Waals surface area contributed by atoms with Crippen LogP contribution < -0.4 is 5.32 Å². The first-order chi connectivity index (χ1) is 9.77. The van der Waals surface area contributed by atoms with Crippen molar-refractivity contribution < 1.29 is 12.8 Å². The predicted molar refractivity (Wildman–Crippen MR) is 81.0 cm³/mol. The van der Waals surface area contributed by atoms with Crippen LogP contribution in [0.25, 0.3) is 0 Å². The van der Waals surface area contributed by atoms with E-state index in [-0.39, 0.29) is 10.5 Å². The predicted octanol–water partition coefficient (Wildman–Crippen LogP) is 2.13. The molecule has 1 fully saturated rings. The number of hydrogen-bond acceptors (Lipinski definition) is 3. The summed E-state index contributed by atoms with van der Waals surface area (Å²) in [6.45, 7) is 4.56. The number of halogens is 1. The Morgan fingerprint density at radius 1 is 1.43 bits per heavy atom. The van der Waals surface area contributed by atoms with Crippen molar-refractivity contribution in [3.8, 4) is 0 Å². The topological polar surface area (TPSA) is 49.4 Å². The molecule has 0 aliphatic heterocycles. The van der Waals surface area contributed by atoms with Gasteiger partial charge >= 0.3 is 0 Å². The summed E-state index contributed by atoms with van der Waals surface area (Å²) in [4.78, 5) is 0.0727. The Bertz CT molecular complexity index is 631. The quantitative estimate of drug-likeness (QED) is 0.875. The minimum Gasteiger partial charge on any atom is -0.316 e. The molecule has 1 aliphatic rings. The van der Waals surface area contributed by atoms with Crippen LogP contribution >= 0.6 is 0 Å². The molecule has 0 bridgehead atoms. The fourth-order valence-electron chi connectivity index (χ4n) is 2.53. The first-order valence-corrected chi connectivity index (χ1v) is 8.61. The molecule has 0 spiro atoms. The third kappa shape index (κ3) is 3.44. The fourth-order valence-corrected chi connectivity index (χ4v) is 4.04. The Hall–Kier alpha value is -0.980. The summed E-state index contributed by atoms with van der Waals surface area (Å²) >= 11 is 0.